The zero-order valence-electron chi connectivity index (χ0n) is 11.4. The van der Waals surface area contributed by atoms with Gasteiger partial charge in [-0.15, -0.1) is 0 Å². The van der Waals surface area contributed by atoms with E-state index < -0.39 is 15.9 Å². The van der Waals surface area contributed by atoms with E-state index >= 15 is 0 Å². The van der Waals surface area contributed by atoms with Gasteiger partial charge in [-0.1, -0.05) is 45.9 Å². The van der Waals surface area contributed by atoms with E-state index in [0.29, 0.717) is 6.61 Å². The highest BCUT2D eigenvalue weighted by molar-refractivity contribution is 9.10. The van der Waals surface area contributed by atoms with E-state index in [1.807, 2.05) is 24.3 Å². The third-order valence-electron chi connectivity index (χ3n) is 4.82. The third kappa shape index (κ3) is 1.24. The fraction of sp³-hybridized carbons (Fsp3) is 0.400. The molecule has 5 nitrogen and oxygen atoms in total. The van der Waals surface area contributed by atoms with E-state index in [1.165, 1.54) is 11.8 Å². The molecule has 3 aliphatic rings. The van der Waals surface area contributed by atoms with Gasteiger partial charge < -0.3 is 10.5 Å². The topological polar surface area (TPSA) is 95.2 Å². The number of halogens is 1. The molecule has 4 atom stereocenters. The molecule has 1 aromatic carbocycles. The molecule has 110 valence electrons. The molecule has 22 heavy (non-hydrogen) atoms. The van der Waals surface area contributed by atoms with Crippen LogP contribution in [-0.2, 0) is 4.74 Å². The molecule has 1 spiro atoms. The lowest BCUT2D eigenvalue weighted by Gasteiger charge is -2.26. The number of nitriles is 2. The van der Waals surface area contributed by atoms with Gasteiger partial charge in [-0.2, -0.15) is 10.5 Å². The second-order valence-electron chi connectivity index (χ2n) is 5.57. The van der Waals surface area contributed by atoms with Crippen LogP contribution in [0, 0.1) is 33.5 Å². The predicted molar refractivity (Wildman–Crippen MR) is 85.7 cm³/mol. The Morgan fingerprint density at radius 3 is 2.73 bits per heavy atom. The van der Waals surface area contributed by atoms with Crippen LogP contribution in [0.25, 0.3) is 0 Å². The summed E-state index contributed by atoms with van der Waals surface area (Å²) in [7, 11) is 0. The van der Waals surface area contributed by atoms with Gasteiger partial charge in [0.25, 0.3) is 0 Å². The van der Waals surface area contributed by atoms with Crippen molar-refractivity contribution in [2.24, 2.45) is 21.6 Å². The molecule has 2 fully saturated rings. The Bertz CT molecular complexity index is 791. The van der Waals surface area contributed by atoms with Gasteiger partial charge in [0.1, 0.15) is 11.3 Å². The molecule has 7 heteroatoms. The minimum absolute atomic E-state index is 0.215. The van der Waals surface area contributed by atoms with Gasteiger partial charge in [-0.05, 0) is 11.6 Å². The lowest BCUT2D eigenvalue weighted by Crippen LogP contribution is -2.34. The first-order valence-corrected chi connectivity index (χ1v) is 8.58. The molecule has 0 radical (unpaired) electrons. The van der Waals surface area contributed by atoms with Gasteiger partial charge in [0.2, 0.25) is 5.06 Å². The van der Waals surface area contributed by atoms with Crippen molar-refractivity contribution in [3.8, 4) is 12.1 Å². The largest absolute Gasteiger partial charge is 0.386 e. The van der Waals surface area contributed by atoms with E-state index in [1.54, 1.807) is 0 Å². The molecule has 4 rings (SSSR count). The third-order valence-corrected chi connectivity index (χ3v) is 6.84. The highest BCUT2D eigenvalue weighted by Gasteiger charge is 2.93. The zero-order chi connectivity index (χ0) is 15.6. The van der Waals surface area contributed by atoms with E-state index in [0.717, 1.165) is 15.8 Å². The van der Waals surface area contributed by atoms with Crippen molar-refractivity contribution in [2.75, 3.05) is 12.4 Å². The highest BCUT2D eigenvalue weighted by Crippen LogP contribution is 2.84. The van der Waals surface area contributed by atoms with Crippen LogP contribution in [0.1, 0.15) is 11.5 Å². The Balaban J connectivity index is 1.97. The van der Waals surface area contributed by atoms with Crippen molar-refractivity contribution in [2.45, 2.75) is 11.0 Å². The summed E-state index contributed by atoms with van der Waals surface area (Å²) in [6.07, 6.45) is 0. The van der Waals surface area contributed by atoms with Crippen LogP contribution in [-0.4, -0.2) is 23.3 Å². The van der Waals surface area contributed by atoms with Gasteiger partial charge in [-0.25, -0.2) is 4.99 Å². The Labute approximate surface area is 140 Å². The molecule has 0 bridgehead atoms. The Hall–Kier alpha value is -1.54. The zero-order valence-corrected chi connectivity index (χ0v) is 13.8. The molecular formula is C15H11BrN4OS. The van der Waals surface area contributed by atoms with E-state index in [4.69, 9.17) is 10.5 Å². The van der Waals surface area contributed by atoms with Crippen molar-refractivity contribution in [3.05, 3.63) is 34.3 Å². The smallest absolute Gasteiger partial charge is 0.230 e. The van der Waals surface area contributed by atoms with E-state index in [2.05, 4.69) is 33.1 Å². The summed E-state index contributed by atoms with van der Waals surface area (Å²) in [5.41, 5.74) is 4.85. The summed E-state index contributed by atoms with van der Waals surface area (Å²) in [4.78, 5) is 4.42. The fourth-order valence-electron chi connectivity index (χ4n) is 3.89. The van der Waals surface area contributed by atoms with Gasteiger partial charge in [0.15, 0.2) is 5.41 Å². The van der Waals surface area contributed by atoms with Gasteiger partial charge in [0, 0.05) is 16.1 Å². The molecule has 2 N–H and O–H groups in total. The second kappa shape index (κ2) is 4.26. The van der Waals surface area contributed by atoms with Crippen molar-refractivity contribution in [1.82, 2.24) is 0 Å². The molecule has 0 unspecified atom stereocenters. The molecule has 0 aromatic heterocycles. The minimum Gasteiger partial charge on any atom is -0.386 e. The molecule has 2 aliphatic heterocycles. The number of aliphatic imine (C=N–C) groups is 1. The van der Waals surface area contributed by atoms with Crippen LogP contribution in [0.2, 0.25) is 0 Å². The highest BCUT2D eigenvalue weighted by atomic mass is 79.9. The van der Waals surface area contributed by atoms with Crippen LogP contribution >= 0.6 is 27.7 Å². The van der Waals surface area contributed by atoms with Crippen LogP contribution < -0.4 is 5.73 Å². The van der Waals surface area contributed by atoms with Crippen LogP contribution in [0.3, 0.4) is 0 Å². The maximum atomic E-state index is 9.99. The number of hydrogen-bond donors (Lipinski definition) is 1. The number of nitrogens with zero attached hydrogens (tertiary/aromatic N) is 3. The van der Waals surface area contributed by atoms with Gasteiger partial charge in [0.05, 0.1) is 18.7 Å². The number of benzene rings is 1. The monoisotopic (exact) mass is 374 g/mol. The average molecular weight is 375 g/mol. The van der Waals surface area contributed by atoms with Crippen LogP contribution in [0.15, 0.2) is 33.7 Å². The van der Waals surface area contributed by atoms with E-state index in [9.17, 15) is 10.5 Å². The Kier molecular flexibility index (Phi) is 2.73. The van der Waals surface area contributed by atoms with Gasteiger partial charge >= 0.3 is 0 Å². The van der Waals surface area contributed by atoms with Crippen molar-refractivity contribution < 1.29 is 4.74 Å². The number of thioether (sulfide) groups is 1. The number of nitrogens with two attached hydrogens (primary N) is 1. The normalized spacial score (nSPS) is 41.6. The number of hydrogen-bond acceptors (Lipinski definition) is 6. The lowest BCUT2D eigenvalue weighted by atomic mass is 9.95. The average Bonchev–Trinajstić information content (AvgIpc) is 2.76. The second-order valence-corrected chi connectivity index (χ2v) is 7.67. The first-order chi connectivity index (χ1) is 10.6. The maximum absolute atomic E-state index is 9.99. The van der Waals surface area contributed by atoms with Crippen molar-refractivity contribution >= 4 is 33.5 Å². The first-order valence-electron chi connectivity index (χ1n) is 6.80. The SMILES string of the molecule is N#C[C@@]12[C@@H](c3ccccc3Br)[C@]1(C#N)C(N)=N[C@@]21OCCS1. The summed E-state index contributed by atoms with van der Waals surface area (Å²) < 4.78 is 6.71. The van der Waals surface area contributed by atoms with Crippen LogP contribution in [0.5, 0.6) is 0 Å². The summed E-state index contributed by atoms with van der Waals surface area (Å²) in [5.74, 6) is 0.616. The van der Waals surface area contributed by atoms with Crippen molar-refractivity contribution in [1.29, 1.82) is 10.5 Å². The fourth-order valence-corrected chi connectivity index (χ4v) is 5.73. The molecule has 1 saturated carbocycles. The summed E-state index contributed by atoms with van der Waals surface area (Å²) in [6.45, 7) is 0.509. The number of ether oxygens (including phenoxy) is 1. The molecule has 1 aliphatic carbocycles. The maximum Gasteiger partial charge on any atom is 0.230 e. The van der Waals surface area contributed by atoms with Gasteiger partial charge in [-0.3, -0.25) is 0 Å². The molecule has 1 aromatic rings. The predicted octanol–water partition coefficient (Wildman–Crippen LogP) is 2.35. The molecule has 1 saturated heterocycles. The van der Waals surface area contributed by atoms with E-state index in [-0.39, 0.29) is 11.8 Å². The summed E-state index contributed by atoms with van der Waals surface area (Å²) in [5, 5.41) is 18.8. The standard InChI is InChI=1S/C15H11BrN4OS/c16-10-4-2-1-3-9(10)11-13(7-17)12(19)20-15(14(11,13)8-18)21-5-6-22-15/h1-4,11H,5-6H2,(H2,19,20)/t11-,13+,14+,15+/m0/s1. The Morgan fingerprint density at radius 1 is 1.36 bits per heavy atom. The quantitative estimate of drug-likeness (QED) is 0.813. The number of rotatable bonds is 1. The summed E-state index contributed by atoms with van der Waals surface area (Å²) >= 11 is 4.99. The molecule has 0 amide bonds. The summed E-state index contributed by atoms with van der Waals surface area (Å²) in [6, 6.07) is 12.3. The minimum atomic E-state index is -1.11. The first kappa shape index (κ1) is 14.1. The lowest BCUT2D eigenvalue weighted by molar-refractivity contribution is 0.0200. The molecular weight excluding hydrogens is 364 g/mol. The number of amidine groups is 1. The Morgan fingerprint density at radius 2 is 2.14 bits per heavy atom. The van der Waals surface area contributed by atoms with Crippen LogP contribution in [0.4, 0.5) is 0 Å². The number of fused-ring (bicyclic) bond motifs is 2. The molecule has 2 heterocycles. The van der Waals surface area contributed by atoms with Crippen molar-refractivity contribution in [3.63, 3.8) is 0 Å².